The molecule has 1 amide bonds. The van der Waals surface area contributed by atoms with Crippen LogP contribution in [0.1, 0.15) is 35.0 Å². The lowest BCUT2D eigenvalue weighted by Crippen LogP contribution is -2.34. The molecule has 6 nitrogen and oxygen atoms in total. The van der Waals surface area contributed by atoms with Crippen LogP contribution in [-0.2, 0) is 11.3 Å². The van der Waals surface area contributed by atoms with Gasteiger partial charge in [-0.1, -0.05) is 6.92 Å². The van der Waals surface area contributed by atoms with E-state index in [1.807, 2.05) is 26.2 Å². The van der Waals surface area contributed by atoms with E-state index in [1.165, 1.54) is 22.2 Å². The van der Waals surface area contributed by atoms with Gasteiger partial charge in [-0.05, 0) is 31.7 Å². The van der Waals surface area contributed by atoms with Crippen LogP contribution in [0, 0.1) is 13.8 Å². The number of nitrogens with zero attached hydrogens (tertiary/aromatic N) is 3. The van der Waals surface area contributed by atoms with E-state index in [-0.39, 0.29) is 24.1 Å². The summed E-state index contributed by atoms with van der Waals surface area (Å²) >= 11 is 2.94. The van der Waals surface area contributed by atoms with Crippen molar-refractivity contribution in [3.05, 3.63) is 43.7 Å². The van der Waals surface area contributed by atoms with E-state index in [2.05, 4.69) is 15.3 Å². The number of aromatic nitrogens is 3. The summed E-state index contributed by atoms with van der Waals surface area (Å²) in [5.41, 5.74) is 1.48. The molecule has 0 aliphatic heterocycles. The summed E-state index contributed by atoms with van der Waals surface area (Å²) in [6.07, 6.45) is 2.17. The standard InChI is InChI=1S/C16H18N4O2S2/c1-4-11(15-18-9(2)10(3)24-15)19-13(21)7-20-8-17-12-5-6-23-14(12)16(20)22/h5-6,8,11H,4,7H2,1-3H3,(H,19,21). The highest BCUT2D eigenvalue weighted by atomic mass is 32.1. The van der Waals surface area contributed by atoms with E-state index in [0.29, 0.717) is 10.2 Å². The average molecular weight is 362 g/mol. The fourth-order valence-corrected chi connectivity index (χ4v) is 4.22. The molecule has 8 heteroatoms. The maximum absolute atomic E-state index is 12.4. The Morgan fingerprint density at radius 3 is 2.88 bits per heavy atom. The van der Waals surface area contributed by atoms with Crippen molar-refractivity contribution < 1.29 is 4.79 Å². The van der Waals surface area contributed by atoms with Gasteiger partial charge >= 0.3 is 0 Å². The van der Waals surface area contributed by atoms with Crippen LogP contribution in [0.25, 0.3) is 10.2 Å². The number of thiazole rings is 1. The summed E-state index contributed by atoms with van der Waals surface area (Å²) in [6.45, 7) is 5.94. The van der Waals surface area contributed by atoms with Gasteiger partial charge in [0, 0.05) is 4.88 Å². The molecule has 1 atom stereocenters. The van der Waals surface area contributed by atoms with Crippen LogP contribution < -0.4 is 10.9 Å². The van der Waals surface area contributed by atoms with Crippen molar-refractivity contribution in [2.75, 3.05) is 0 Å². The first kappa shape index (κ1) is 16.8. The molecule has 24 heavy (non-hydrogen) atoms. The molecule has 0 aliphatic rings. The van der Waals surface area contributed by atoms with Gasteiger partial charge in [0.05, 0.1) is 23.6 Å². The number of rotatable bonds is 5. The van der Waals surface area contributed by atoms with Gasteiger partial charge in [-0.3, -0.25) is 14.2 Å². The molecule has 126 valence electrons. The number of amides is 1. The second-order valence-electron chi connectivity index (χ2n) is 5.53. The van der Waals surface area contributed by atoms with Gasteiger partial charge in [0.1, 0.15) is 16.3 Å². The predicted molar refractivity (Wildman–Crippen MR) is 96.6 cm³/mol. The van der Waals surface area contributed by atoms with E-state index in [9.17, 15) is 9.59 Å². The van der Waals surface area contributed by atoms with Gasteiger partial charge in [-0.25, -0.2) is 9.97 Å². The summed E-state index contributed by atoms with van der Waals surface area (Å²) in [6, 6.07) is 1.66. The number of nitrogens with one attached hydrogen (secondary N) is 1. The quantitative estimate of drug-likeness (QED) is 0.757. The average Bonchev–Trinajstić information content (AvgIpc) is 3.15. The Kier molecular flexibility index (Phi) is 4.77. The van der Waals surface area contributed by atoms with Crippen molar-refractivity contribution in [3.8, 4) is 0 Å². The highest BCUT2D eigenvalue weighted by molar-refractivity contribution is 7.17. The van der Waals surface area contributed by atoms with Crippen LogP contribution in [0.2, 0.25) is 0 Å². The van der Waals surface area contributed by atoms with E-state index in [0.717, 1.165) is 22.0 Å². The monoisotopic (exact) mass is 362 g/mol. The lowest BCUT2D eigenvalue weighted by Gasteiger charge is -2.15. The van der Waals surface area contributed by atoms with Crippen LogP contribution in [-0.4, -0.2) is 20.4 Å². The maximum atomic E-state index is 12.4. The molecule has 0 saturated heterocycles. The van der Waals surface area contributed by atoms with Gasteiger partial charge < -0.3 is 5.32 Å². The number of fused-ring (bicyclic) bond motifs is 1. The molecule has 3 aromatic heterocycles. The molecule has 0 saturated carbocycles. The lowest BCUT2D eigenvalue weighted by molar-refractivity contribution is -0.122. The summed E-state index contributed by atoms with van der Waals surface area (Å²) in [5.74, 6) is -0.216. The van der Waals surface area contributed by atoms with Gasteiger partial charge in [-0.15, -0.1) is 22.7 Å². The number of carbonyl (C=O) groups excluding carboxylic acids is 1. The van der Waals surface area contributed by atoms with Crippen molar-refractivity contribution in [1.29, 1.82) is 0 Å². The van der Waals surface area contributed by atoms with Crippen LogP contribution in [0.4, 0.5) is 0 Å². The molecular formula is C16H18N4O2S2. The Labute approximate surface area is 147 Å². The summed E-state index contributed by atoms with van der Waals surface area (Å²) in [5, 5.41) is 5.69. The third-order valence-corrected chi connectivity index (χ3v) is 5.91. The first-order valence-electron chi connectivity index (χ1n) is 7.65. The zero-order valence-corrected chi connectivity index (χ0v) is 15.3. The highest BCUT2D eigenvalue weighted by Gasteiger charge is 2.18. The third kappa shape index (κ3) is 3.25. The largest absolute Gasteiger partial charge is 0.345 e. The molecule has 0 aromatic carbocycles. The molecular weight excluding hydrogens is 344 g/mol. The Balaban J connectivity index is 1.76. The van der Waals surface area contributed by atoms with Crippen molar-refractivity contribution in [2.24, 2.45) is 0 Å². The maximum Gasteiger partial charge on any atom is 0.271 e. The number of carbonyl (C=O) groups is 1. The van der Waals surface area contributed by atoms with Gasteiger partial charge in [0.25, 0.3) is 5.56 Å². The zero-order valence-electron chi connectivity index (χ0n) is 13.7. The number of hydrogen-bond donors (Lipinski definition) is 1. The Morgan fingerprint density at radius 1 is 1.42 bits per heavy atom. The van der Waals surface area contributed by atoms with Crippen LogP contribution in [0.5, 0.6) is 0 Å². The second kappa shape index (κ2) is 6.82. The Hall–Kier alpha value is -2.06. The highest BCUT2D eigenvalue weighted by Crippen LogP contribution is 2.24. The predicted octanol–water partition coefficient (Wildman–Crippen LogP) is 2.80. The minimum Gasteiger partial charge on any atom is -0.345 e. The van der Waals surface area contributed by atoms with E-state index < -0.39 is 0 Å². The lowest BCUT2D eigenvalue weighted by atomic mass is 10.2. The van der Waals surface area contributed by atoms with Gasteiger partial charge in [-0.2, -0.15) is 0 Å². The van der Waals surface area contributed by atoms with Crippen LogP contribution >= 0.6 is 22.7 Å². The summed E-state index contributed by atoms with van der Waals surface area (Å²) in [7, 11) is 0. The molecule has 1 unspecified atom stereocenters. The Morgan fingerprint density at radius 2 is 2.21 bits per heavy atom. The normalized spacial score (nSPS) is 12.5. The Bertz CT molecular complexity index is 922. The van der Waals surface area contributed by atoms with E-state index in [4.69, 9.17) is 0 Å². The summed E-state index contributed by atoms with van der Waals surface area (Å²) < 4.78 is 1.92. The van der Waals surface area contributed by atoms with Crippen molar-refractivity contribution in [2.45, 2.75) is 39.8 Å². The molecule has 3 rings (SSSR count). The van der Waals surface area contributed by atoms with Crippen molar-refractivity contribution in [3.63, 3.8) is 0 Å². The fraction of sp³-hybridized carbons (Fsp3) is 0.375. The molecule has 3 heterocycles. The second-order valence-corrected chi connectivity index (χ2v) is 7.69. The number of aryl methyl sites for hydroxylation is 2. The summed E-state index contributed by atoms with van der Waals surface area (Å²) in [4.78, 5) is 34.6. The molecule has 0 bridgehead atoms. The number of thiophene rings is 1. The van der Waals surface area contributed by atoms with Crippen LogP contribution in [0.15, 0.2) is 22.6 Å². The minimum absolute atomic E-state index is 0.0421. The van der Waals surface area contributed by atoms with Gasteiger partial charge in [0.2, 0.25) is 5.91 Å². The molecule has 0 fully saturated rings. The fourth-order valence-electron chi connectivity index (χ4n) is 2.37. The van der Waals surface area contributed by atoms with E-state index in [1.54, 1.807) is 17.4 Å². The minimum atomic E-state index is -0.216. The SMILES string of the molecule is CCC(NC(=O)Cn1cnc2ccsc2c1=O)c1nc(C)c(C)s1. The first-order valence-corrected chi connectivity index (χ1v) is 9.35. The van der Waals surface area contributed by atoms with E-state index >= 15 is 0 Å². The van der Waals surface area contributed by atoms with Crippen LogP contribution in [0.3, 0.4) is 0 Å². The van der Waals surface area contributed by atoms with Gasteiger partial charge in [0.15, 0.2) is 0 Å². The van der Waals surface area contributed by atoms with Crippen molar-refractivity contribution in [1.82, 2.24) is 19.9 Å². The molecule has 1 N–H and O–H groups in total. The third-order valence-electron chi connectivity index (χ3n) is 3.84. The molecule has 3 aromatic rings. The molecule has 0 spiro atoms. The molecule has 0 radical (unpaired) electrons. The topological polar surface area (TPSA) is 76.9 Å². The molecule has 0 aliphatic carbocycles. The number of hydrogen-bond acceptors (Lipinski definition) is 6. The first-order chi connectivity index (χ1) is 11.5. The van der Waals surface area contributed by atoms with Crippen molar-refractivity contribution >= 4 is 38.8 Å². The smallest absolute Gasteiger partial charge is 0.271 e. The zero-order chi connectivity index (χ0) is 17.3.